The highest BCUT2D eigenvalue weighted by Crippen LogP contribution is 2.23. The summed E-state index contributed by atoms with van der Waals surface area (Å²) in [5.41, 5.74) is 5.53. The Balaban J connectivity index is 2.32. The van der Waals surface area contributed by atoms with Gasteiger partial charge < -0.3 is 19.9 Å². The van der Waals surface area contributed by atoms with Crippen molar-refractivity contribution in [2.75, 3.05) is 20.8 Å². The first-order chi connectivity index (χ1) is 11.0. The van der Waals surface area contributed by atoms with E-state index < -0.39 is 11.9 Å². The SMILES string of the molecule is CCOC(=O)/C(C(N)=O)=C1\OC(c2ccc(OC)cc2)=NN1C. The Labute approximate surface area is 133 Å². The summed E-state index contributed by atoms with van der Waals surface area (Å²) in [7, 11) is 3.10. The van der Waals surface area contributed by atoms with E-state index in [2.05, 4.69) is 5.10 Å². The molecule has 0 atom stereocenters. The van der Waals surface area contributed by atoms with Crippen LogP contribution in [0, 0.1) is 0 Å². The number of hydrogen-bond acceptors (Lipinski definition) is 7. The maximum atomic E-state index is 11.9. The minimum Gasteiger partial charge on any atom is -0.497 e. The van der Waals surface area contributed by atoms with E-state index in [1.807, 2.05) is 0 Å². The number of hydrogen-bond donors (Lipinski definition) is 1. The van der Waals surface area contributed by atoms with Crippen molar-refractivity contribution < 1.29 is 23.8 Å². The van der Waals surface area contributed by atoms with Gasteiger partial charge in [-0.25, -0.2) is 9.80 Å². The number of carbonyl (C=O) groups excluding carboxylic acids is 2. The van der Waals surface area contributed by atoms with Gasteiger partial charge >= 0.3 is 5.97 Å². The Hall–Kier alpha value is -3.03. The lowest BCUT2D eigenvalue weighted by atomic mass is 10.2. The zero-order valence-electron chi connectivity index (χ0n) is 13.0. The molecule has 1 aromatic carbocycles. The molecule has 0 radical (unpaired) electrons. The minimum absolute atomic E-state index is 0.0678. The molecule has 1 heterocycles. The Morgan fingerprint density at radius 3 is 2.48 bits per heavy atom. The van der Waals surface area contributed by atoms with E-state index in [0.717, 1.165) is 0 Å². The number of nitrogens with zero attached hydrogens (tertiary/aromatic N) is 2. The van der Waals surface area contributed by atoms with Gasteiger partial charge in [0.05, 0.1) is 13.7 Å². The molecule has 1 amide bonds. The number of primary amides is 1. The van der Waals surface area contributed by atoms with Crippen molar-refractivity contribution in [3.05, 3.63) is 41.3 Å². The van der Waals surface area contributed by atoms with Crippen molar-refractivity contribution in [2.45, 2.75) is 6.92 Å². The van der Waals surface area contributed by atoms with Crippen LogP contribution in [0.5, 0.6) is 5.75 Å². The number of methoxy groups -OCH3 is 1. The molecule has 0 fully saturated rings. The van der Waals surface area contributed by atoms with Gasteiger partial charge in [0, 0.05) is 12.6 Å². The van der Waals surface area contributed by atoms with Crippen LogP contribution >= 0.6 is 0 Å². The van der Waals surface area contributed by atoms with Crippen LogP contribution in [0.3, 0.4) is 0 Å². The number of carbonyl (C=O) groups is 2. The zero-order valence-corrected chi connectivity index (χ0v) is 13.0. The van der Waals surface area contributed by atoms with Crippen molar-refractivity contribution in [1.82, 2.24) is 5.01 Å². The Kier molecular flexibility index (Phi) is 4.85. The summed E-state index contributed by atoms with van der Waals surface area (Å²) in [6, 6.07) is 6.96. The third-order valence-electron chi connectivity index (χ3n) is 3.00. The fourth-order valence-corrected chi connectivity index (χ4v) is 1.92. The van der Waals surface area contributed by atoms with Crippen LogP contribution in [0.15, 0.2) is 40.8 Å². The van der Waals surface area contributed by atoms with Gasteiger partial charge in [0.1, 0.15) is 5.75 Å². The smallest absolute Gasteiger partial charge is 0.349 e. The molecule has 0 saturated heterocycles. The Morgan fingerprint density at radius 1 is 1.30 bits per heavy atom. The second-order valence-corrected chi connectivity index (χ2v) is 4.52. The number of rotatable bonds is 5. The van der Waals surface area contributed by atoms with Crippen LogP contribution in [-0.2, 0) is 19.1 Å². The molecule has 0 aliphatic carbocycles. The summed E-state index contributed by atoms with van der Waals surface area (Å²) < 4.78 is 15.4. The van der Waals surface area contributed by atoms with Gasteiger partial charge in [0.25, 0.3) is 5.91 Å². The lowest BCUT2D eigenvalue weighted by molar-refractivity contribution is -0.140. The first-order valence-electron chi connectivity index (χ1n) is 6.83. The van der Waals surface area contributed by atoms with Crippen LogP contribution < -0.4 is 10.5 Å². The van der Waals surface area contributed by atoms with Crippen molar-refractivity contribution in [3.8, 4) is 5.75 Å². The maximum absolute atomic E-state index is 11.9. The van der Waals surface area contributed by atoms with Crippen LogP contribution in [0.2, 0.25) is 0 Å². The normalized spacial score (nSPS) is 15.6. The summed E-state index contributed by atoms with van der Waals surface area (Å²) in [6.07, 6.45) is 0. The van der Waals surface area contributed by atoms with Crippen LogP contribution in [-0.4, -0.2) is 43.5 Å². The first-order valence-corrected chi connectivity index (χ1v) is 6.83. The van der Waals surface area contributed by atoms with Crippen LogP contribution in [0.1, 0.15) is 12.5 Å². The number of nitrogens with two attached hydrogens (primary N) is 1. The molecule has 1 aliphatic rings. The molecule has 1 aromatic rings. The molecule has 0 unspecified atom stereocenters. The van der Waals surface area contributed by atoms with Gasteiger partial charge in [-0.1, -0.05) is 0 Å². The number of esters is 1. The summed E-state index contributed by atoms with van der Waals surface area (Å²) in [5.74, 6) is -0.958. The molecule has 122 valence electrons. The molecule has 0 saturated carbocycles. The molecule has 0 aromatic heterocycles. The first kappa shape index (κ1) is 16.3. The average molecular weight is 319 g/mol. The second-order valence-electron chi connectivity index (χ2n) is 4.52. The van der Waals surface area contributed by atoms with Gasteiger partial charge in [-0.3, -0.25) is 4.79 Å². The predicted molar refractivity (Wildman–Crippen MR) is 81.2 cm³/mol. The molecule has 0 spiro atoms. The van der Waals surface area contributed by atoms with E-state index in [4.69, 9.17) is 19.9 Å². The van der Waals surface area contributed by atoms with Crippen molar-refractivity contribution >= 4 is 17.8 Å². The highest BCUT2D eigenvalue weighted by molar-refractivity contribution is 6.16. The number of hydrazone groups is 1. The summed E-state index contributed by atoms with van der Waals surface area (Å²) >= 11 is 0. The predicted octanol–water partition coefficient (Wildman–Crippen LogP) is 0.579. The zero-order chi connectivity index (χ0) is 17.0. The van der Waals surface area contributed by atoms with E-state index >= 15 is 0 Å². The van der Waals surface area contributed by atoms with E-state index in [1.165, 1.54) is 12.1 Å². The van der Waals surface area contributed by atoms with Gasteiger partial charge in [0.15, 0.2) is 5.57 Å². The standard InChI is InChI=1S/C15H17N3O5/c1-4-22-15(20)11(12(16)19)14-18(2)17-13(23-14)9-5-7-10(21-3)8-6-9/h5-8H,4H2,1-3H3,(H2,16,19)/b14-11-. The van der Waals surface area contributed by atoms with Crippen molar-refractivity contribution in [3.63, 3.8) is 0 Å². The average Bonchev–Trinajstić information content (AvgIpc) is 2.89. The van der Waals surface area contributed by atoms with E-state index in [9.17, 15) is 9.59 Å². The van der Waals surface area contributed by atoms with Gasteiger partial charge in [-0.2, -0.15) is 0 Å². The van der Waals surface area contributed by atoms with Crippen molar-refractivity contribution in [2.24, 2.45) is 10.8 Å². The highest BCUT2D eigenvalue weighted by Gasteiger charge is 2.32. The number of benzene rings is 1. The third-order valence-corrected chi connectivity index (χ3v) is 3.00. The quantitative estimate of drug-likeness (QED) is 0.368. The van der Waals surface area contributed by atoms with Gasteiger partial charge in [-0.15, -0.1) is 5.10 Å². The molecule has 2 rings (SSSR count). The van der Waals surface area contributed by atoms with Gasteiger partial charge in [-0.05, 0) is 31.2 Å². The summed E-state index contributed by atoms with van der Waals surface area (Å²) in [5, 5.41) is 5.42. The topological polar surface area (TPSA) is 103 Å². The molecule has 8 heteroatoms. The van der Waals surface area contributed by atoms with E-state index in [1.54, 1.807) is 38.3 Å². The fraction of sp³-hybridized carbons (Fsp3) is 0.267. The molecule has 23 heavy (non-hydrogen) atoms. The fourth-order valence-electron chi connectivity index (χ4n) is 1.92. The molecule has 1 aliphatic heterocycles. The molecular weight excluding hydrogens is 302 g/mol. The summed E-state index contributed by atoms with van der Waals surface area (Å²) in [6.45, 7) is 1.73. The van der Waals surface area contributed by atoms with Gasteiger partial charge in [0.2, 0.25) is 11.8 Å². The minimum atomic E-state index is -0.948. The van der Waals surface area contributed by atoms with E-state index in [0.29, 0.717) is 11.3 Å². The lowest BCUT2D eigenvalue weighted by Gasteiger charge is -2.11. The molecule has 0 bridgehead atoms. The van der Waals surface area contributed by atoms with Crippen molar-refractivity contribution in [1.29, 1.82) is 0 Å². The second kappa shape index (κ2) is 6.82. The molecule has 2 N–H and O–H groups in total. The monoisotopic (exact) mass is 319 g/mol. The largest absolute Gasteiger partial charge is 0.497 e. The maximum Gasteiger partial charge on any atom is 0.349 e. The number of amides is 1. The number of ether oxygens (including phenoxy) is 3. The molecule has 8 nitrogen and oxygen atoms in total. The van der Waals surface area contributed by atoms with Crippen LogP contribution in [0.4, 0.5) is 0 Å². The Morgan fingerprint density at radius 2 is 1.96 bits per heavy atom. The highest BCUT2D eigenvalue weighted by atomic mass is 16.5. The lowest BCUT2D eigenvalue weighted by Crippen LogP contribution is -2.27. The Bertz CT molecular complexity index is 679. The molecular formula is C15H17N3O5. The summed E-state index contributed by atoms with van der Waals surface area (Å²) in [4.78, 5) is 23.5. The third kappa shape index (κ3) is 3.42. The van der Waals surface area contributed by atoms with Crippen LogP contribution in [0.25, 0.3) is 0 Å². The van der Waals surface area contributed by atoms with E-state index in [-0.39, 0.29) is 24.0 Å².